The largest absolute Gasteiger partial charge is 0.481 e. The van der Waals surface area contributed by atoms with Crippen molar-refractivity contribution in [1.29, 1.82) is 0 Å². The molecule has 0 aromatic carbocycles. The highest BCUT2D eigenvalue weighted by atomic mass is 16.4. The summed E-state index contributed by atoms with van der Waals surface area (Å²) in [6.45, 7) is 8.83. The van der Waals surface area contributed by atoms with E-state index in [-0.39, 0.29) is 5.92 Å². The zero-order valence-electron chi connectivity index (χ0n) is 12.7. The van der Waals surface area contributed by atoms with Crippen molar-refractivity contribution in [2.24, 2.45) is 17.8 Å². The van der Waals surface area contributed by atoms with E-state index in [4.69, 9.17) is 5.11 Å². The minimum Gasteiger partial charge on any atom is -0.481 e. The van der Waals surface area contributed by atoms with Gasteiger partial charge in [0.25, 0.3) is 0 Å². The fourth-order valence-corrected chi connectivity index (χ4v) is 2.22. The average Bonchev–Trinajstić information content (AvgIpc) is 2.25. The van der Waals surface area contributed by atoms with Gasteiger partial charge in [-0.05, 0) is 24.7 Å². The third kappa shape index (κ3) is 10.6. The number of unbranched alkanes of at least 4 members (excludes halogenated alkanes) is 3. The van der Waals surface area contributed by atoms with Crippen molar-refractivity contribution in [3.05, 3.63) is 0 Å². The van der Waals surface area contributed by atoms with Gasteiger partial charge in [-0.2, -0.15) is 0 Å². The quantitative estimate of drug-likeness (QED) is 0.521. The van der Waals surface area contributed by atoms with E-state index >= 15 is 0 Å². The highest BCUT2D eigenvalue weighted by Crippen LogP contribution is 2.20. The number of carboxylic acids is 1. The third-order valence-corrected chi connectivity index (χ3v) is 3.53. The molecule has 0 aromatic heterocycles. The summed E-state index contributed by atoms with van der Waals surface area (Å²) in [5, 5.41) is 9.16. The van der Waals surface area contributed by atoms with Crippen molar-refractivity contribution in [3.63, 3.8) is 0 Å². The number of carbonyl (C=O) groups is 1. The van der Waals surface area contributed by atoms with Crippen LogP contribution in [0.4, 0.5) is 0 Å². The van der Waals surface area contributed by atoms with Crippen LogP contribution in [0, 0.1) is 17.8 Å². The van der Waals surface area contributed by atoms with E-state index < -0.39 is 5.97 Å². The van der Waals surface area contributed by atoms with E-state index in [2.05, 4.69) is 27.7 Å². The van der Waals surface area contributed by atoms with Crippen LogP contribution in [0.25, 0.3) is 0 Å². The van der Waals surface area contributed by atoms with E-state index in [0.29, 0.717) is 5.92 Å². The fourth-order valence-electron chi connectivity index (χ4n) is 2.22. The summed E-state index contributed by atoms with van der Waals surface area (Å²) in [5.41, 5.74) is 0. The molecule has 1 atom stereocenters. The molecule has 0 aromatic rings. The van der Waals surface area contributed by atoms with Gasteiger partial charge in [-0.3, -0.25) is 4.79 Å². The molecule has 2 nitrogen and oxygen atoms in total. The lowest BCUT2D eigenvalue weighted by Crippen LogP contribution is -2.14. The number of hydrogen-bond donors (Lipinski definition) is 1. The molecule has 2 heteroatoms. The summed E-state index contributed by atoms with van der Waals surface area (Å²) in [6.07, 6.45) is 8.87. The van der Waals surface area contributed by atoms with E-state index in [1.54, 1.807) is 0 Å². The summed E-state index contributed by atoms with van der Waals surface area (Å²) in [4.78, 5) is 11.1. The SMILES string of the molecule is CC(C)CCCCCCC(CCC(C)C)C(=O)O. The van der Waals surface area contributed by atoms with Gasteiger partial charge in [0.05, 0.1) is 5.92 Å². The molecule has 0 aliphatic heterocycles. The van der Waals surface area contributed by atoms with Crippen LogP contribution >= 0.6 is 0 Å². The van der Waals surface area contributed by atoms with Crippen LogP contribution in [0.5, 0.6) is 0 Å². The lowest BCUT2D eigenvalue weighted by molar-refractivity contribution is -0.142. The van der Waals surface area contributed by atoms with Crippen molar-refractivity contribution < 1.29 is 9.90 Å². The minimum absolute atomic E-state index is 0.113. The topological polar surface area (TPSA) is 37.3 Å². The molecule has 1 unspecified atom stereocenters. The van der Waals surface area contributed by atoms with Gasteiger partial charge in [0, 0.05) is 0 Å². The molecular weight excluding hydrogens is 224 g/mol. The molecule has 0 bridgehead atoms. The number of aliphatic carboxylic acids is 1. The summed E-state index contributed by atoms with van der Waals surface area (Å²) >= 11 is 0. The van der Waals surface area contributed by atoms with Crippen molar-refractivity contribution in [2.75, 3.05) is 0 Å². The van der Waals surface area contributed by atoms with Crippen LogP contribution in [0.15, 0.2) is 0 Å². The van der Waals surface area contributed by atoms with Crippen molar-refractivity contribution in [1.82, 2.24) is 0 Å². The number of hydrogen-bond acceptors (Lipinski definition) is 1. The summed E-state index contributed by atoms with van der Waals surface area (Å²) in [5.74, 6) is 0.691. The molecule has 0 saturated heterocycles. The van der Waals surface area contributed by atoms with Crippen LogP contribution in [0.3, 0.4) is 0 Å². The number of rotatable bonds is 11. The Morgan fingerprint density at radius 2 is 1.28 bits per heavy atom. The predicted molar refractivity (Wildman–Crippen MR) is 77.7 cm³/mol. The van der Waals surface area contributed by atoms with Crippen molar-refractivity contribution in [2.45, 2.75) is 79.1 Å². The Hall–Kier alpha value is -0.530. The normalized spacial score (nSPS) is 13.2. The lowest BCUT2D eigenvalue weighted by Gasteiger charge is -2.13. The Kier molecular flexibility index (Phi) is 10.1. The average molecular weight is 256 g/mol. The van der Waals surface area contributed by atoms with Crippen LogP contribution in [-0.2, 0) is 4.79 Å². The molecular formula is C16H32O2. The summed E-state index contributed by atoms with van der Waals surface area (Å²) < 4.78 is 0. The third-order valence-electron chi connectivity index (χ3n) is 3.53. The molecule has 0 heterocycles. The highest BCUT2D eigenvalue weighted by molar-refractivity contribution is 5.69. The Labute approximate surface area is 113 Å². The monoisotopic (exact) mass is 256 g/mol. The molecule has 18 heavy (non-hydrogen) atoms. The minimum atomic E-state index is -0.599. The first-order chi connectivity index (χ1) is 8.43. The molecule has 0 saturated carbocycles. The summed E-state index contributed by atoms with van der Waals surface area (Å²) in [6, 6.07) is 0. The first-order valence-corrected chi connectivity index (χ1v) is 7.66. The predicted octanol–water partition coefficient (Wildman–Crippen LogP) is 5.12. The Morgan fingerprint density at radius 3 is 1.72 bits per heavy atom. The Balaban J connectivity index is 3.61. The molecule has 0 aliphatic carbocycles. The lowest BCUT2D eigenvalue weighted by atomic mass is 9.92. The molecule has 1 N–H and O–H groups in total. The van der Waals surface area contributed by atoms with Gasteiger partial charge in [-0.1, -0.05) is 66.2 Å². The maximum Gasteiger partial charge on any atom is 0.306 e. The fraction of sp³-hybridized carbons (Fsp3) is 0.938. The Bertz CT molecular complexity index is 209. The molecule has 0 amide bonds. The molecule has 0 aliphatic rings. The van der Waals surface area contributed by atoms with E-state index in [1.807, 2.05) is 0 Å². The first kappa shape index (κ1) is 17.5. The van der Waals surface area contributed by atoms with E-state index in [0.717, 1.165) is 31.6 Å². The maximum atomic E-state index is 11.1. The van der Waals surface area contributed by atoms with Gasteiger partial charge in [0.2, 0.25) is 0 Å². The second-order valence-electron chi connectivity index (χ2n) is 6.39. The van der Waals surface area contributed by atoms with Crippen LogP contribution in [0.1, 0.15) is 79.1 Å². The van der Waals surface area contributed by atoms with Crippen LogP contribution < -0.4 is 0 Å². The van der Waals surface area contributed by atoms with E-state index in [1.165, 1.54) is 25.7 Å². The molecule has 0 fully saturated rings. The zero-order chi connectivity index (χ0) is 14.0. The summed E-state index contributed by atoms with van der Waals surface area (Å²) in [7, 11) is 0. The van der Waals surface area contributed by atoms with Crippen molar-refractivity contribution >= 4 is 5.97 Å². The maximum absolute atomic E-state index is 11.1. The zero-order valence-corrected chi connectivity index (χ0v) is 12.7. The Morgan fingerprint density at radius 1 is 0.778 bits per heavy atom. The molecule has 0 spiro atoms. The van der Waals surface area contributed by atoms with Crippen LogP contribution in [0.2, 0.25) is 0 Å². The molecule has 0 rings (SSSR count). The van der Waals surface area contributed by atoms with Crippen molar-refractivity contribution in [3.8, 4) is 0 Å². The van der Waals surface area contributed by atoms with E-state index in [9.17, 15) is 4.79 Å². The highest BCUT2D eigenvalue weighted by Gasteiger charge is 2.16. The second-order valence-corrected chi connectivity index (χ2v) is 6.39. The van der Waals surface area contributed by atoms with Gasteiger partial charge in [0.1, 0.15) is 0 Å². The van der Waals surface area contributed by atoms with Gasteiger partial charge in [-0.15, -0.1) is 0 Å². The van der Waals surface area contributed by atoms with Gasteiger partial charge < -0.3 is 5.11 Å². The number of carboxylic acid groups (broad SMARTS) is 1. The van der Waals surface area contributed by atoms with Gasteiger partial charge in [0.15, 0.2) is 0 Å². The van der Waals surface area contributed by atoms with Gasteiger partial charge >= 0.3 is 5.97 Å². The second kappa shape index (κ2) is 10.4. The van der Waals surface area contributed by atoms with Crippen LogP contribution in [-0.4, -0.2) is 11.1 Å². The molecule has 108 valence electrons. The van der Waals surface area contributed by atoms with Gasteiger partial charge in [-0.25, -0.2) is 0 Å². The smallest absolute Gasteiger partial charge is 0.306 e. The first-order valence-electron chi connectivity index (χ1n) is 7.66. The standard InChI is InChI=1S/C16H32O2/c1-13(2)9-7-5-6-8-10-15(16(17)18)12-11-14(3)4/h13-15H,5-12H2,1-4H3,(H,17,18). The molecule has 0 radical (unpaired) electrons.